The lowest BCUT2D eigenvalue weighted by atomic mass is 10.3. The third kappa shape index (κ3) is 4.04. The van der Waals surface area contributed by atoms with Crippen molar-refractivity contribution in [2.45, 2.75) is 18.2 Å². The van der Waals surface area contributed by atoms with Gasteiger partial charge in [-0.2, -0.15) is 0 Å². The van der Waals surface area contributed by atoms with Crippen LogP contribution in [0.4, 0.5) is 5.82 Å². The van der Waals surface area contributed by atoms with E-state index in [1.54, 1.807) is 16.7 Å². The molecule has 1 saturated heterocycles. The third-order valence-corrected chi connectivity index (χ3v) is 5.71. The first-order valence-corrected chi connectivity index (χ1v) is 10.1. The average molecular weight is 374 g/mol. The lowest BCUT2D eigenvalue weighted by Crippen LogP contribution is -3.12. The standard InChI is InChI=1S/C19H24N4O2S/c1-14-11-18(23-9-7-22(2)8-10-23)21-19(20-14)26-13-15-12-24-16-5-3-4-6-17(16)25-15/h3-6,11,15H,7-10,12-13H2,1-2H3/p+1/t15-/m1/s1. The number of hydrogen-bond acceptors (Lipinski definition) is 6. The van der Waals surface area contributed by atoms with E-state index in [4.69, 9.17) is 14.5 Å². The maximum Gasteiger partial charge on any atom is 0.189 e. The summed E-state index contributed by atoms with van der Waals surface area (Å²) in [6, 6.07) is 9.89. The van der Waals surface area contributed by atoms with Gasteiger partial charge in [-0.15, -0.1) is 0 Å². The van der Waals surface area contributed by atoms with Gasteiger partial charge in [0.25, 0.3) is 0 Å². The smallest absolute Gasteiger partial charge is 0.189 e. The highest BCUT2D eigenvalue weighted by Crippen LogP contribution is 2.32. The molecule has 4 rings (SSSR count). The Morgan fingerprint density at radius 1 is 1.19 bits per heavy atom. The number of likely N-dealkylation sites (N-methyl/N-ethyl adjacent to an activating group) is 1. The van der Waals surface area contributed by atoms with Gasteiger partial charge in [-0.3, -0.25) is 0 Å². The first-order chi connectivity index (χ1) is 12.7. The van der Waals surface area contributed by atoms with E-state index in [2.05, 4.69) is 23.0 Å². The topological polar surface area (TPSA) is 51.9 Å². The third-order valence-electron chi connectivity index (χ3n) is 4.73. The lowest BCUT2D eigenvalue weighted by Gasteiger charge is -2.31. The van der Waals surface area contributed by atoms with E-state index in [1.807, 2.05) is 31.2 Å². The molecule has 0 bridgehead atoms. The highest BCUT2D eigenvalue weighted by Gasteiger charge is 2.22. The van der Waals surface area contributed by atoms with Gasteiger partial charge in [0.2, 0.25) is 0 Å². The molecule has 0 unspecified atom stereocenters. The molecule has 0 saturated carbocycles. The number of aromatic nitrogens is 2. The summed E-state index contributed by atoms with van der Waals surface area (Å²) in [5.74, 6) is 3.44. The molecule has 0 spiro atoms. The molecule has 0 amide bonds. The van der Waals surface area contributed by atoms with Crippen molar-refractivity contribution in [3.05, 3.63) is 36.0 Å². The van der Waals surface area contributed by atoms with Gasteiger partial charge in [0.05, 0.1) is 33.2 Å². The molecule has 1 fully saturated rings. The van der Waals surface area contributed by atoms with Crippen molar-refractivity contribution < 1.29 is 14.4 Å². The van der Waals surface area contributed by atoms with Crippen molar-refractivity contribution in [1.82, 2.24) is 9.97 Å². The number of fused-ring (bicyclic) bond motifs is 1. The fourth-order valence-electron chi connectivity index (χ4n) is 3.18. The van der Waals surface area contributed by atoms with E-state index in [0.717, 1.165) is 60.1 Å². The molecule has 0 radical (unpaired) electrons. The average Bonchev–Trinajstić information content (AvgIpc) is 2.66. The summed E-state index contributed by atoms with van der Waals surface area (Å²) in [6.07, 6.45) is 0.00898. The van der Waals surface area contributed by atoms with Crippen LogP contribution in [0.3, 0.4) is 0 Å². The zero-order valence-electron chi connectivity index (χ0n) is 15.3. The quantitative estimate of drug-likeness (QED) is 0.639. The Morgan fingerprint density at radius 2 is 1.96 bits per heavy atom. The molecular weight excluding hydrogens is 348 g/mol. The van der Waals surface area contributed by atoms with Gasteiger partial charge in [0, 0.05) is 17.5 Å². The Hall–Kier alpha value is -1.99. The van der Waals surface area contributed by atoms with Crippen LogP contribution in [0.5, 0.6) is 11.5 Å². The Morgan fingerprint density at radius 3 is 2.77 bits per heavy atom. The number of nitrogens with zero attached hydrogens (tertiary/aromatic N) is 3. The number of quaternary nitrogens is 1. The first-order valence-electron chi connectivity index (χ1n) is 9.10. The fourth-order valence-corrected chi connectivity index (χ4v) is 4.05. The fraction of sp³-hybridized carbons (Fsp3) is 0.474. The van der Waals surface area contributed by atoms with Crippen LogP contribution in [0, 0.1) is 6.92 Å². The number of ether oxygens (including phenoxy) is 2. The van der Waals surface area contributed by atoms with Crippen LogP contribution >= 0.6 is 11.8 Å². The van der Waals surface area contributed by atoms with Crippen LogP contribution in [0.1, 0.15) is 5.69 Å². The largest absolute Gasteiger partial charge is 0.486 e. The van der Waals surface area contributed by atoms with Crippen LogP contribution in [0.15, 0.2) is 35.5 Å². The summed E-state index contributed by atoms with van der Waals surface area (Å²) in [6.45, 7) is 6.98. The van der Waals surface area contributed by atoms with E-state index >= 15 is 0 Å². The molecule has 6 nitrogen and oxygen atoms in total. The van der Waals surface area contributed by atoms with Crippen molar-refractivity contribution in [3.8, 4) is 11.5 Å². The monoisotopic (exact) mass is 373 g/mol. The maximum absolute atomic E-state index is 6.03. The Labute approximate surface area is 158 Å². The highest BCUT2D eigenvalue weighted by atomic mass is 32.2. The van der Waals surface area contributed by atoms with E-state index in [1.165, 1.54) is 0 Å². The normalized spacial score (nSPS) is 20.2. The van der Waals surface area contributed by atoms with Gasteiger partial charge in [0.1, 0.15) is 18.5 Å². The van der Waals surface area contributed by atoms with E-state index < -0.39 is 0 Å². The van der Waals surface area contributed by atoms with E-state index in [9.17, 15) is 0 Å². The number of piperazine rings is 1. The van der Waals surface area contributed by atoms with Crippen LogP contribution in [-0.2, 0) is 0 Å². The van der Waals surface area contributed by atoms with Crippen molar-refractivity contribution >= 4 is 17.6 Å². The zero-order valence-corrected chi connectivity index (χ0v) is 16.1. The van der Waals surface area contributed by atoms with Crippen LogP contribution in [-0.4, -0.2) is 61.7 Å². The molecule has 1 N–H and O–H groups in total. The molecule has 1 atom stereocenters. The molecule has 1 aromatic heterocycles. The number of para-hydroxylation sites is 2. The number of rotatable bonds is 4. The number of anilines is 1. The first kappa shape index (κ1) is 17.4. The molecule has 7 heteroatoms. The predicted octanol–water partition coefficient (Wildman–Crippen LogP) is 1.05. The molecule has 3 heterocycles. The Bertz CT molecular complexity index is 765. The van der Waals surface area contributed by atoms with Crippen LogP contribution in [0.25, 0.3) is 0 Å². The SMILES string of the molecule is Cc1cc(N2CC[NH+](C)CC2)nc(SC[C@H]2COc3ccccc3O2)n1. The molecule has 2 aromatic rings. The summed E-state index contributed by atoms with van der Waals surface area (Å²) in [5.41, 5.74) is 1.01. The van der Waals surface area contributed by atoms with E-state index in [-0.39, 0.29) is 6.10 Å². The Kier molecular flexibility index (Phi) is 5.17. The predicted molar refractivity (Wildman–Crippen MR) is 103 cm³/mol. The van der Waals surface area contributed by atoms with Gasteiger partial charge in [-0.05, 0) is 19.1 Å². The second kappa shape index (κ2) is 7.72. The summed E-state index contributed by atoms with van der Waals surface area (Å²) in [4.78, 5) is 13.3. The number of hydrogen-bond donors (Lipinski definition) is 1. The van der Waals surface area contributed by atoms with Crippen molar-refractivity contribution in [2.24, 2.45) is 0 Å². The van der Waals surface area contributed by atoms with Gasteiger partial charge in [0.15, 0.2) is 16.7 Å². The van der Waals surface area contributed by atoms with E-state index in [0.29, 0.717) is 6.61 Å². The Balaban J connectivity index is 1.39. The van der Waals surface area contributed by atoms with Crippen LogP contribution < -0.4 is 19.3 Å². The van der Waals surface area contributed by atoms with Crippen LogP contribution in [0.2, 0.25) is 0 Å². The minimum absolute atomic E-state index is 0.00898. The molecule has 0 aliphatic carbocycles. The number of thioether (sulfide) groups is 1. The maximum atomic E-state index is 6.03. The molecule has 26 heavy (non-hydrogen) atoms. The summed E-state index contributed by atoms with van der Waals surface area (Å²) < 4.78 is 11.8. The van der Waals surface area contributed by atoms with Crippen molar-refractivity contribution in [1.29, 1.82) is 0 Å². The summed E-state index contributed by atoms with van der Waals surface area (Å²) in [7, 11) is 2.24. The minimum atomic E-state index is 0.00898. The molecular formula is C19H25N4O2S+. The van der Waals surface area contributed by atoms with Gasteiger partial charge >= 0.3 is 0 Å². The van der Waals surface area contributed by atoms with Crippen molar-refractivity contribution in [2.75, 3.05) is 50.5 Å². The van der Waals surface area contributed by atoms with Gasteiger partial charge in [-0.25, -0.2) is 9.97 Å². The zero-order chi connectivity index (χ0) is 17.9. The van der Waals surface area contributed by atoms with Gasteiger partial charge < -0.3 is 19.3 Å². The molecule has 2 aliphatic rings. The molecule has 1 aromatic carbocycles. The minimum Gasteiger partial charge on any atom is -0.486 e. The van der Waals surface area contributed by atoms with Gasteiger partial charge in [-0.1, -0.05) is 23.9 Å². The second-order valence-corrected chi connectivity index (χ2v) is 7.89. The van der Waals surface area contributed by atoms with Crippen molar-refractivity contribution in [3.63, 3.8) is 0 Å². The lowest BCUT2D eigenvalue weighted by molar-refractivity contribution is -0.880. The number of aryl methyl sites for hydroxylation is 1. The summed E-state index contributed by atoms with van der Waals surface area (Å²) in [5, 5.41) is 0.814. The second-order valence-electron chi connectivity index (χ2n) is 6.90. The molecule has 138 valence electrons. The highest BCUT2D eigenvalue weighted by molar-refractivity contribution is 7.99. The number of nitrogens with one attached hydrogen (secondary N) is 1. The molecule has 2 aliphatic heterocycles. The number of benzene rings is 1. The summed E-state index contributed by atoms with van der Waals surface area (Å²) >= 11 is 1.64.